The van der Waals surface area contributed by atoms with E-state index in [-0.39, 0.29) is 0 Å². The van der Waals surface area contributed by atoms with Crippen molar-refractivity contribution in [1.29, 1.82) is 0 Å². The number of hydrogen-bond acceptors (Lipinski definition) is 6. The maximum absolute atomic E-state index is 5.79. The van der Waals surface area contributed by atoms with Gasteiger partial charge in [-0.2, -0.15) is 0 Å². The number of ether oxygens (including phenoxy) is 2. The second-order valence-electron chi connectivity index (χ2n) is 3.66. The van der Waals surface area contributed by atoms with Gasteiger partial charge in [-0.15, -0.1) is 24.0 Å². The molecule has 0 unspecified atom stereocenters. The lowest BCUT2D eigenvalue weighted by atomic mass is 10.2. The van der Waals surface area contributed by atoms with Crippen LogP contribution in [0.15, 0.2) is 23.2 Å². The molecule has 7 heteroatoms. The first-order valence-corrected chi connectivity index (χ1v) is 7.07. The first kappa shape index (κ1) is 14.3. The lowest BCUT2D eigenvalue weighted by molar-refractivity contribution is 0.354. The minimum Gasteiger partial charge on any atom is -0.493 e. The van der Waals surface area contributed by atoms with Gasteiger partial charge in [0, 0.05) is 22.0 Å². The molecule has 1 aromatic heterocycles. The molecule has 0 fully saturated rings. The molecule has 0 bridgehead atoms. The highest BCUT2D eigenvalue weighted by Crippen LogP contribution is 2.35. The number of rotatable bonds is 5. The Kier molecular flexibility index (Phi) is 4.79. The number of benzene rings is 1. The van der Waals surface area contributed by atoms with Crippen molar-refractivity contribution in [1.82, 2.24) is 4.98 Å². The van der Waals surface area contributed by atoms with Gasteiger partial charge in [-0.05, 0) is 6.07 Å². The van der Waals surface area contributed by atoms with Crippen molar-refractivity contribution in [3.05, 3.63) is 27.7 Å². The molecule has 2 rings (SSSR count). The standard InChI is InChI=1S/C12H13ClN2O2S2/c1-16-9-3-8(11(18)4-10(9)17-2)14-5-7-6-15-12(13)19-7/h3-4,6,14,18H,5H2,1-2H3. The third-order valence-electron chi connectivity index (χ3n) is 2.48. The molecule has 0 atom stereocenters. The number of hydrogen-bond donors (Lipinski definition) is 2. The van der Waals surface area contributed by atoms with Gasteiger partial charge >= 0.3 is 0 Å². The summed E-state index contributed by atoms with van der Waals surface area (Å²) >= 11 is 11.7. The molecule has 1 aromatic carbocycles. The number of anilines is 1. The Balaban J connectivity index is 2.15. The zero-order valence-electron chi connectivity index (χ0n) is 10.4. The van der Waals surface area contributed by atoms with Crippen molar-refractivity contribution in [3.8, 4) is 11.5 Å². The second kappa shape index (κ2) is 6.36. The van der Waals surface area contributed by atoms with E-state index in [1.807, 2.05) is 12.1 Å². The molecule has 1 N–H and O–H groups in total. The summed E-state index contributed by atoms with van der Waals surface area (Å²) in [6.07, 6.45) is 1.75. The van der Waals surface area contributed by atoms with Crippen molar-refractivity contribution in [2.45, 2.75) is 11.4 Å². The Morgan fingerprint density at radius 2 is 2.00 bits per heavy atom. The van der Waals surface area contributed by atoms with Crippen molar-refractivity contribution < 1.29 is 9.47 Å². The summed E-state index contributed by atoms with van der Waals surface area (Å²) in [5.41, 5.74) is 0.866. The molecule has 102 valence electrons. The fourth-order valence-corrected chi connectivity index (χ4v) is 2.74. The molecule has 4 nitrogen and oxygen atoms in total. The summed E-state index contributed by atoms with van der Waals surface area (Å²) < 4.78 is 11.0. The lowest BCUT2D eigenvalue weighted by Gasteiger charge is -2.13. The van der Waals surface area contributed by atoms with Gasteiger partial charge in [-0.25, -0.2) is 4.98 Å². The SMILES string of the molecule is COc1cc(S)c(NCc2cnc(Cl)s2)cc1OC. The highest BCUT2D eigenvalue weighted by molar-refractivity contribution is 7.80. The first-order chi connectivity index (χ1) is 9.13. The summed E-state index contributed by atoms with van der Waals surface area (Å²) in [6.45, 7) is 0.632. The van der Waals surface area contributed by atoms with Crippen molar-refractivity contribution in [2.75, 3.05) is 19.5 Å². The number of thiazole rings is 1. The minimum atomic E-state index is 0.537. The Hall–Kier alpha value is -1.11. The number of methoxy groups -OCH3 is 2. The van der Waals surface area contributed by atoms with Gasteiger partial charge in [-0.1, -0.05) is 11.6 Å². The van der Waals surface area contributed by atoms with Gasteiger partial charge in [0.25, 0.3) is 0 Å². The van der Waals surface area contributed by atoms with Crippen LogP contribution in [0.3, 0.4) is 0 Å². The fourth-order valence-electron chi connectivity index (χ4n) is 1.56. The van der Waals surface area contributed by atoms with Crippen molar-refractivity contribution >= 4 is 41.3 Å². The van der Waals surface area contributed by atoms with E-state index in [1.54, 1.807) is 20.4 Å². The third-order valence-corrected chi connectivity index (χ3v) is 3.97. The van der Waals surface area contributed by atoms with E-state index in [4.69, 9.17) is 21.1 Å². The van der Waals surface area contributed by atoms with Crippen LogP contribution in [0.1, 0.15) is 4.88 Å². The van der Waals surface area contributed by atoms with Gasteiger partial charge in [0.15, 0.2) is 16.0 Å². The van der Waals surface area contributed by atoms with Crippen LogP contribution in [-0.4, -0.2) is 19.2 Å². The number of halogens is 1. The van der Waals surface area contributed by atoms with Crippen molar-refractivity contribution in [3.63, 3.8) is 0 Å². The van der Waals surface area contributed by atoms with Crippen LogP contribution in [-0.2, 0) is 6.54 Å². The van der Waals surface area contributed by atoms with E-state index in [0.717, 1.165) is 15.5 Å². The third kappa shape index (κ3) is 3.46. The molecule has 0 saturated carbocycles. The van der Waals surface area contributed by atoms with Crippen molar-refractivity contribution in [2.24, 2.45) is 0 Å². The van der Waals surface area contributed by atoms with Gasteiger partial charge in [0.05, 0.1) is 26.5 Å². The zero-order chi connectivity index (χ0) is 13.8. The Bertz CT molecular complexity index is 575. The molecule has 0 saturated heterocycles. The van der Waals surface area contributed by atoms with E-state index < -0.39 is 0 Å². The van der Waals surface area contributed by atoms with Gasteiger partial charge in [0.2, 0.25) is 0 Å². The first-order valence-electron chi connectivity index (χ1n) is 5.43. The van der Waals surface area contributed by atoms with Crippen LogP contribution in [0, 0.1) is 0 Å². The van der Waals surface area contributed by atoms with Crippen LogP contribution in [0.4, 0.5) is 5.69 Å². The zero-order valence-corrected chi connectivity index (χ0v) is 12.9. The van der Waals surface area contributed by atoms with E-state index in [2.05, 4.69) is 22.9 Å². The average Bonchev–Trinajstić information content (AvgIpc) is 2.82. The maximum Gasteiger partial charge on any atom is 0.183 e. The van der Waals surface area contributed by atoms with Crippen LogP contribution in [0.5, 0.6) is 11.5 Å². The molecule has 0 amide bonds. The summed E-state index contributed by atoms with van der Waals surface area (Å²) in [7, 11) is 3.19. The summed E-state index contributed by atoms with van der Waals surface area (Å²) in [6, 6.07) is 3.66. The molecule has 2 aromatic rings. The summed E-state index contributed by atoms with van der Waals surface area (Å²) in [5, 5.41) is 3.27. The fraction of sp³-hybridized carbons (Fsp3) is 0.250. The predicted molar refractivity (Wildman–Crippen MR) is 81.2 cm³/mol. The summed E-state index contributed by atoms with van der Waals surface area (Å²) in [4.78, 5) is 5.83. The second-order valence-corrected chi connectivity index (χ2v) is 5.84. The Morgan fingerprint density at radius 3 is 2.58 bits per heavy atom. The maximum atomic E-state index is 5.79. The van der Waals surface area contributed by atoms with E-state index in [9.17, 15) is 0 Å². The quantitative estimate of drug-likeness (QED) is 0.825. The van der Waals surface area contributed by atoms with Crippen LogP contribution >= 0.6 is 35.6 Å². The monoisotopic (exact) mass is 316 g/mol. The topological polar surface area (TPSA) is 43.4 Å². The number of aromatic nitrogens is 1. The Labute approximate surface area is 126 Å². The minimum absolute atomic E-state index is 0.537. The molecular weight excluding hydrogens is 304 g/mol. The smallest absolute Gasteiger partial charge is 0.183 e. The largest absolute Gasteiger partial charge is 0.493 e. The molecule has 0 aliphatic heterocycles. The molecule has 0 spiro atoms. The number of nitrogens with one attached hydrogen (secondary N) is 1. The van der Waals surface area contributed by atoms with Gasteiger partial charge in [-0.3, -0.25) is 0 Å². The van der Waals surface area contributed by atoms with Gasteiger partial charge in [0.1, 0.15) is 0 Å². The molecule has 19 heavy (non-hydrogen) atoms. The van der Waals surface area contributed by atoms with Crippen LogP contribution in [0.2, 0.25) is 4.47 Å². The summed E-state index contributed by atoms with van der Waals surface area (Å²) in [5.74, 6) is 1.31. The average molecular weight is 317 g/mol. The van der Waals surface area contributed by atoms with E-state index >= 15 is 0 Å². The molecule has 0 aliphatic carbocycles. The molecule has 1 heterocycles. The molecule has 0 radical (unpaired) electrons. The highest BCUT2D eigenvalue weighted by atomic mass is 35.5. The number of nitrogens with zero attached hydrogens (tertiary/aromatic N) is 1. The van der Waals surface area contributed by atoms with Crippen LogP contribution < -0.4 is 14.8 Å². The molecular formula is C12H13ClN2O2S2. The van der Waals surface area contributed by atoms with E-state index in [1.165, 1.54) is 11.3 Å². The normalized spacial score (nSPS) is 10.3. The highest BCUT2D eigenvalue weighted by Gasteiger charge is 2.09. The lowest BCUT2D eigenvalue weighted by Crippen LogP contribution is -2.00. The number of thiol groups is 1. The molecule has 0 aliphatic rings. The van der Waals surface area contributed by atoms with Crippen LogP contribution in [0.25, 0.3) is 0 Å². The predicted octanol–water partition coefficient (Wildman–Crippen LogP) is 3.71. The Morgan fingerprint density at radius 1 is 1.32 bits per heavy atom. The van der Waals surface area contributed by atoms with E-state index in [0.29, 0.717) is 22.5 Å². The van der Waals surface area contributed by atoms with Gasteiger partial charge < -0.3 is 14.8 Å².